The molecule has 18 heavy (non-hydrogen) atoms. The third kappa shape index (κ3) is 4.22. The van der Waals surface area contributed by atoms with Gasteiger partial charge in [0.05, 0.1) is 0 Å². The van der Waals surface area contributed by atoms with Crippen LogP contribution in [0.25, 0.3) is 0 Å². The maximum atomic E-state index is 5.17. The van der Waals surface area contributed by atoms with Crippen LogP contribution in [0.2, 0.25) is 0 Å². The summed E-state index contributed by atoms with van der Waals surface area (Å²) in [7, 11) is 0. The number of thiocarbonyl (C=S) groups is 1. The number of hydrazine groups is 1. The first-order valence-corrected chi connectivity index (χ1v) is 6.46. The Balaban J connectivity index is 1.73. The Bertz CT molecular complexity index is 451. The van der Waals surface area contributed by atoms with Gasteiger partial charge in [0.2, 0.25) is 0 Å². The van der Waals surface area contributed by atoms with E-state index in [9.17, 15) is 0 Å². The molecular weight excluding hydrogens is 242 g/mol. The van der Waals surface area contributed by atoms with Gasteiger partial charge >= 0.3 is 0 Å². The summed E-state index contributed by atoms with van der Waals surface area (Å²) >= 11 is 5.17. The SMILES string of the molecule is S=C(NN/C=C1\CC=CCC1)Nc1ccccc1. The molecule has 0 radical (unpaired) electrons. The average Bonchev–Trinajstić information content (AvgIpc) is 2.41. The molecule has 0 aromatic heterocycles. The first-order valence-electron chi connectivity index (χ1n) is 6.05. The number of hydrogen-bond donors (Lipinski definition) is 3. The van der Waals surface area contributed by atoms with Crippen LogP contribution in [0.3, 0.4) is 0 Å². The highest BCUT2D eigenvalue weighted by Crippen LogP contribution is 2.15. The smallest absolute Gasteiger partial charge is 0.189 e. The predicted molar refractivity (Wildman–Crippen MR) is 80.0 cm³/mol. The quantitative estimate of drug-likeness (QED) is 0.443. The van der Waals surface area contributed by atoms with Crippen LogP contribution in [0.4, 0.5) is 5.69 Å². The minimum absolute atomic E-state index is 0.560. The van der Waals surface area contributed by atoms with Crippen molar-refractivity contribution in [2.75, 3.05) is 5.32 Å². The van der Waals surface area contributed by atoms with E-state index in [1.165, 1.54) is 5.57 Å². The lowest BCUT2D eigenvalue weighted by atomic mass is 10.0. The third-order valence-electron chi connectivity index (χ3n) is 2.67. The molecule has 0 saturated heterocycles. The highest BCUT2D eigenvalue weighted by molar-refractivity contribution is 7.80. The van der Waals surface area contributed by atoms with Crippen molar-refractivity contribution >= 4 is 23.0 Å². The Morgan fingerprint density at radius 3 is 2.72 bits per heavy atom. The van der Waals surface area contributed by atoms with E-state index < -0.39 is 0 Å². The summed E-state index contributed by atoms with van der Waals surface area (Å²) in [5, 5.41) is 3.65. The molecule has 0 saturated carbocycles. The second-order valence-corrected chi connectivity index (χ2v) is 4.51. The Morgan fingerprint density at radius 1 is 1.17 bits per heavy atom. The Labute approximate surface area is 113 Å². The van der Waals surface area contributed by atoms with Crippen molar-refractivity contribution < 1.29 is 0 Å². The van der Waals surface area contributed by atoms with Gasteiger partial charge in [0.15, 0.2) is 5.11 Å². The van der Waals surface area contributed by atoms with Crippen LogP contribution in [0, 0.1) is 0 Å². The number of benzene rings is 1. The van der Waals surface area contributed by atoms with Gasteiger partial charge in [0, 0.05) is 11.9 Å². The van der Waals surface area contributed by atoms with Gasteiger partial charge in [-0.25, -0.2) is 0 Å². The maximum absolute atomic E-state index is 5.17. The molecule has 0 spiro atoms. The summed E-state index contributed by atoms with van der Waals surface area (Å²) in [6.45, 7) is 0. The molecule has 0 heterocycles. The van der Waals surface area contributed by atoms with Gasteiger partial charge in [-0.1, -0.05) is 30.4 Å². The van der Waals surface area contributed by atoms with E-state index in [0.717, 1.165) is 24.9 Å². The summed E-state index contributed by atoms with van der Waals surface area (Å²) in [5.74, 6) is 0. The molecule has 2 rings (SSSR count). The number of allylic oxidation sites excluding steroid dienone is 3. The molecule has 4 heteroatoms. The fourth-order valence-electron chi connectivity index (χ4n) is 1.74. The molecule has 1 aromatic carbocycles. The molecule has 1 aromatic rings. The zero-order chi connectivity index (χ0) is 12.6. The van der Waals surface area contributed by atoms with Crippen molar-refractivity contribution in [3.05, 3.63) is 54.3 Å². The highest BCUT2D eigenvalue weighted by Gasteiger charge is 1.99. The van der Waals surface area contributed by atoms with Crippen molar-refractivity contribution in [1.82, 2.24) is 10.9 Å². The van der Waals surface area contributed by atoms with Crippen LogP contribution in [-0.2, 0) is 0 Å². The Kier molecular flexibility index (Phi) is 4.78. The van der Waals surface area contributed by atoms with Crippen molar-refractivity contribution in [1.29, 1.82) is 0 Å². The molecule has 0 amide bonds. The second kappa shape index (κ2) is 6.81. The summed E-state index contributed by atoms with van der Waals surface area (Å²) in [6, 6.07) is 9.85. The molecule has 0 fully saturated rings. The van der Waals surface area contributed by atoms with Crippen molar-refractivity contribution in [2.45, 2.75) is 19.3 Å². The van der Waals surface area contributed by atoms with E-state index in [2.05, 4.69) is 28.3 Å². The highest BCUT2D eigenvalue weighted by atomic mass is 32.1. The summed E-state index contributed by atoms with van der Waals surface area (Å²) in [4.78, 5) is 0. The van der Waals surface area contributed by atoms with Crippen LogP contribution in [0.1, 0.15) is 19.3 Å². The monoisotopic (exact) mass is 259 g/mol. The molecule has 3 N–H and O–H groups in total. The van der Waals surface area contributed by atoms with Gasteiger partial charge < -0.3 is 10.7 Å². The van der Waals surface area contributed by atoms with Crippen LogP contribution >= 0.6 is 12.2 Å². The maximum Gasteiger partial charge on any atom is 0.189 e. The molecule has 94 valence electrons. The van der Waals surface area contributed by atoms with Gasteiger partial charge in [-0.05, 0) is 49.2 Å². The predicted octanol–water partition coefficient (Wildman–Crippen LogP) is 3.10. The van der Waals surface area contributed by atoms with E-state index in [4.69, 9.17) is 12.2 Å². The van der Waals surface area contributed by atoms with E-state index in [0.29, 0.717) is 5.11 Å². The number of rotatable bonds is 3. The van der Waals surface area contributed by atoms with E-state index >= 15 is 0 Å². The fourth-order valence-corrected chi connectivity index (χ4v) is 1.92. The van der Waals surface area contributed by atoms with Crippen LogP contribution in [-0.4, -0.2) is 5.11 Å². The van der Waals surface area contributed by atoms with Crippen LogP contribution < -0.4 is 16.2 Å². The van der Waals surface area contributed by atoms with E-state index in [-0.39, 0.29) is 0 Å². The lowest BCUT2D eigenvalue weighted by molar-refractivity contribution is 0.790. The van der Waals surface area contributed by atoms with Crippen molar-refractivity contribution in [3.8, 4) is 0 Å². The van der Waals surface area contributed by atoms with E-state index in [1.807, 2.05) is 36.5 Å². The zero-order valence-corrected chi connectivity index (χ0v) is 11.0. The lowest BCUT2D eigenvalue weighted by Crippen LogP contribution is -2.37. The third-order valence-corrected chi connectivity index (χ3v) is 2.88. The van der Waals surface area contributed by atoms with Crippen molar-refractivity contribution in [3.63, 3.8) is 0 Å². The molecule has 0 unspecified atom stereocenters. The lowest BCUT2D eigenvalue weighted by Gasteiger charge is -2.12. The number of anilines is 1. The van der Waals surface area contributed by atoms with Gasteiger partial charge in [0.25, 0.3) is 0 Å². The summed E-state index contributed by atoms with van der Waals surface area (Å²) in [5.41, 5.74) is 8.33. The fraction of sp³-hybridized carbons (Fsp3) is 0.214. The Hall–Kier alpha value is -1.81. The average molecular weight is 259 g/mol. The molecule has 1 aliphatic rings. The summed E-state index contributed by atoms with van der Waals surface area (Å²) in [6.07, 6.45) is 9.66. The molecule has 3 nitrogen and oxygen atoms in total. The van der Waals surface area contributed by atoms with Gasteiger partial charge in [-0.2, -0.15) is 0 Å². The largest absolute Gasteiger partial charge is 0.331 e. The first-order chi connectivity index (χ1) is 8.84. The molecule has 1 aliphatic carbocycles. The number of hydrogen-bond acceptors (Lipinski definition) is 2. The van der Waals surface area contributed by atoms with Gasteiger partial charge in [-0.15, -0.1) is 0 Å². The van der Waals surface area contributed by atoms with Gasteiger partial charge in [-0.3, -0.25) is 5.43 Å². The first kappa shape index (κ1) is 12.6. The minimum atomic E-state index is 0.560. The molecule has 0 atom stereocenters. The topological polar surface area (TPSA) is 36.1 Å². The molecule has 0 aliphatic heterocycles. The van der Waals surface area contributed by atoms with E-state index in [1.54, 1.807) is 0 Å². The Morgan fingerprint density at radius 2 is 2.00 bits per heavy atom. The van der Waals surface area contributed by atoms with Crippen LogP contribution in [0.5, 0.6) is 0 Å². The van der Waals surface area contributed by atoms with Crippen LogP contribution in [0.15, 0.2) is 54.3 Å². The standard InChI is InChI=1S/C14H17N3S/c18-14(16-13-9-5-2-6-10-13)17-15-11-12-7-3-1-4-8-12/h1-3,5-6,9-11,15H,4,7-8H2,(H2,16,17,18)/b12-11+. The molecule has 0 bridgehead atoms. The number of para-hydroxylation sites is 1. The second-order valence-electron chi connectivity index (χ2n) is 4.11. The number of nitrogens with one attached hydrogen (secondary N) is 3. The molecular formula is C14H17N3S. The minimum Gasteiger partial charge on any atom is -0.331 e. The van der Waals surface area contributed by atoms with Crippen molar-refractivity contribution in [2.24, 2.45) is 0 Å². The zero-order valence-electron chi connectivity index (χ0n) is 10.1. The van der Waals surface area contributed by atoms with Gasteiger partial charge in [0.1, 0.15) is 0 Å². The summed E-state index contributed by atoms with van der Waals surface area (Å²) < 4.78 is 0. The normalized spacial score (nSPS) is 16.3.